The van der Waals surface area contributed by atoms with Crippen LogP contribution in [0.15, 0.2) is 48.5 Å². The van der Waals surface area contributed by atoms with Crippen LogP contribution in [0.1, 0.15) is 25.0 Å². The maximum atomic E-state index is 12.4. The van der Waals surface area contributed by atoms with E-state index >= 15 is 0 Å². The van der Waals surface area contributed by atoms with Crippen molar-refractivity contribution in [1.82, 2.24) is 10.2 Å². The van der Waals surface area contributed by atoms with Crippen molar-refractivity contribution in [2.24, 2.45) is 0 Å². The third-order valence-electron chi connectivity index (χ3n) is 3.93. The van der Waals surface area contributed by atoms with Gasteiger partial charge in [-0.2, -0.15) is 0 Å². The fraction of sp³-hybridized carbons (Fsp3) is 0.263. The summed E-state index contributed by atoms with van der Waals surface area (Å²) in [5.41, 5.74) is 1.74. The highest BCUT2D eigenvalue weighted by Gasteiger charge is 2.23. The Morgan fingerprint density at radius 1 is 1.08 bits per heavy atom. The second-order valence-electron chi connectivity index (χ2n) is 5.76. The van der Waals surface area contributed by atoms with Gasteiger partial charge < -0.3 is 10.2 Å². The molecule has 6 heteroatoms. The Morgan fingerprint density at radius 2 is 1.72 bits per heavy atom. The zero-order valence-corrected chi connectivity index (χ0v) is 15.6. The minimum Gasteiger partial charge on any atom is -0.350 e. The predicted octanol–water partition coefficient (Wildman–Crippen LogP) is 4.05. The van der Waals surface area contributed by atoms with E-state index in [1.54, 1.807) is 25.1 Å². The number of hydrogen-bond donors (Lipinski definition) is 1. The van der Waals surface area contributed by atoms with Crippen molar-refractivity contribution in [2.45, 2.75) is 33.0 Å². The van der Waals surface area contributed by atoms with Gasteiger partial charge in [-0.3, -0.25) is 9.59 Å². The number of amides is 2. The Morgan fingerprint density at radius 3 is 2.32 bits per heavy atom. The van der Waals surface area contributed by atoms with Gasteiger partial charge >= 0.3 is 0 Å². The Bertz CT molecular complexity index is 747. The van der Waals surface area contributed by atoms with E-state index in [0.29, 0.717) is 23.1 Å². The first kappa shape index (κ1) is 19.3. The van der Waals surface area contributed by atoms with E-state index in [0.717, 1.165) is 11.1 Å². The fourth-order valence-corrected chi connectivity index (χ4v) is 2.75. The first-order valence-electron chi connectivity index (χ1n) is 7.91. The van der Waals surface area contributed by atoms with Crippen molar-refractivity contribution in [2.75, 3.05) is 0 Å². The van der Waals surface area contributed by atoms with Crippen LogP contribution in [0.4, 0.5) is 0 Å². The minimum atomic E-state index is -0.601. The summed E-state index contributed by atoms with van der Waals surface area (Å²) in [6.45, 7) is 3.82. The lowest BCUT2D eigenvalue weighted by Gasteiger charge is -2.27. The van der Waals surface area contributed by atoms with Gasteiger partial charge in [0.1, 0.15) is 6.04 Å². The van der Waals surface area contributed by atoms with Crippen LogP contribution in [-0.4, -0.2) is 22.8 Å². The third-order valence-corrected chi connectivity index (χ3v) is 4.55. The van der Waals surface area contributed by atoms with Crippen molar-refractivity contribution in [3.63, 3.8) is 0 Å². The van der Waals surface area contributed by atoms with E-state index in [9.17, 15) is 9.59 Å². The van der Waals surface area contributed by atoms with Crippen LogP contribution in [0.5, 0.6) is 0 Å². The van der Waals surface area contributed by atoms with E-state index in [1.165, 1.54) is 11.8 Å². The minimum absolute atomic E-state index is 0.171. The molecular weight excluding hydrogens is 359 g/mol. The van der Waals surface area contributed by atoms with Gasteiger partial charge in [0.2, 0.25) is 11.8 Å². The summed E-state index contributed by atoms with van der Waals surface area (Å²) in [6, 6.07) is 13.9. The van der Waals surface area contributed by atoms with Gasteiger partial charge in [0.15, 0.2) is 0 Å². The van der Waals surface area contributed by atoms with Gasteiger partial charge in [0, 0.05) is 30.1 Å². The monoisotopic (exact) mass is 378 g/mol. The van der Waals surface area contributed by atoms with Crippen LogP contribution in [0.25, 0.3) is 0 Å². The van der Waals surface area contributed by atoms with Gasteiger partial charge in [-0.15, -0.1) is 0 Å². The number of carbonyl (C=O) groups is 2. The van der Waals surface area contributed by atoms with E-state index in [4.69, 9.17) is 23.2 Å². The Hall–Kier alpha value is -2.04. The summed E-state index contributed by atoms with van der Waals surface area (Å²) >= 11 is 12.0. The summed E-state index contributed by atoms with van der Waals surface area (Å²) in [5, 5.41) is 4.06. The molecule has 2 aromatic carbocycles. The van der Waals surface area contributed by atoms with Gasteiger partial charge in [0.05, 0.1) is 0 Å². The van der Waals surface area contributed by atoms with Crippen molar-refractivity contribution in [3.8, 4) is 0 Å². The van der Waals surface area contributed by atoms with Gasteiger partial charge in [-0.1, -0.05) is 53.5 Å². The highest BCUT2D eigenvalue weighted by atomic mass is 35.5. The highest BCUT2D eigenvalue weighted by Crippen LogP contribution is 2.16. The lowest BCUT2D eigenvalue weighted by molar-refractivity contribution is -0.139. The molecule has 0 aliphatic rings. The lowest BCUT2D eigenvalue weighted by Crippen LogP contribution is -2.46. The molecule has 0 aliphatic carbocycles. The van der Waals surface area contributed by atoms with E-state index in [1.807, 2.05) is 30.3 Å². The second kappa shape index (κ2) is 8.88. The molecule has 0 saturated carbocycles. The zero-order chi connectivity index (χ0) is 18.4. The normalized spacial score (nSPS) is 11.7. The Labute approximate surface area is 157 Å². The molecule has 1 atom stereocenters. The Balaban J connectivity index is 2.02. The molecule has 0 spiro atoms. The summed E-state index contributed by atoms with van der Waals surface area (Å²) in [4.78, 5) is 26.0. The molecule has 1 N–H and O–H groups in total. The number of nitrogens with zero attached hydrogens (tertiary/aromatic N) is 1. The van der Waals surface area contributed by atoms with E-state index in [2.05, 4.69) is 5.32 Å². The SMILES string of the molecule is CC(=O)N(Cc1ccc(Cl)cc1)[C@@H](C)C(=O)NCc1ccccc1Cl. The quantitative estimate of drug-likeness (QED) is 0.823. The van der Waals surface area contributed by atoms with Gasteiger partial charge in [0.25, 0.3) is 0 Å². The van der Waals surface area contributed by atoms with Crippen molar-refractivity contribution in [1.29, 1.82) is 0 Å². The number of halogens is 2. The molecule has 0 saturated heterocycles. The molecule has 2 amide bonds. The molecule has 0 heterocycles. The fourth-order valence-electron chi connectivity index (χ4n) is 2.42. The van der Waals surface area contributed by atoms with Crippen LogP contribution < -0.4 is 5.32 Å². The zero-order valence-electron chi connectivity index (χ0n) is 14.1. The van der Waals surface area contributed by atoms with E-state index < -0.39 is 6.04 Å². The summed E-state index contributed by atoms with van der Waals surface area (Å²) in [6.07, 6.45) is 0. The van der Waals surface area contributed by atoms with Gasteiger partial charge in [-0.25, -0.2) is 0 Å². The standard InChI is InChI=1S/C19H20Cl2N2O2/c1-13(19(25)22-11-16-5-3-4-6-18(16)21)23(14(2)24)12-15-7-9-17(20)10-8-15/h3-10,13H,11-12H2,1-2H3,(H,22,25)/t13-/m0/s1. The lowest BCUT2D eigenvalue weighted by atomic mass is 10.1. The largest absolute Gasteiger partial charge is 0.350 e. The summed E-state index contributed by atoms with van der Waals surface area (Å²) in [5.74, 6) is -0.403. The molecule has 0 fully saturated rings. The number of benzene rings is 2. The molecule has 0 bridgehead atoms. The van der Waals surface area contributed by atoms with Crippen molar-refractivity contribution >= 4 is 35.0 Å². The molecular formula is C19H20Cl2N2O2. The van der Waals surface area contributed by atoms with Crippen LogP contribution >= 0.6 is 23.2 Å². The van der Waals surface area contributed by atoms with Crippen molar-refractivity contribution in [3.05, 3.63) is 69.7 Å². The average Bonchev–Trinajstić information content (AvgIpc) is 2.59. The first-order chi connectivity index (χ1) is 11.9. The molecule has 2 aromatic rings. The molecule has 0 unspecified atom stereocenters. The maximum Gasteiger partial charge on any atom is 0.242 e. The third kappa shape index (κ3) is 5.48. The highest BCUT2D eigenvalue weighted by molar-refractivity contribution is 6.31. The van der Waals surface area contributed by atoms with Crippen molar-refractivity contribution < 1.29 is 9.59 Å². The molecule has 2 rings (SSSR count). The predicted molar refractivity (Wildman–Crippen MR) is 100 cm³/mol. The number of rotatable bonds is 6. The average molecular weight is 379 g/mol. The smallest absolute Gasteiger partial charge is 0.242 e. The maximum absolute atomic E-state index is 12.4. The molecule has 25 heavy (non-hydrogen) atoms. The summed E-state index contributed by atoms with van der Waals surface area (Å²) < 4.78 is 0. The first-order valence-corrected chi connectivity index (χ1v) is 8.67. The topological polar surface area (TPSA) is 49.4 Å². The molecule has 0 aromatic heterocycles. The van der Waals surface area contributed by atoms with Crippen LogP contribution in [0.3, 0.4) is 0 Å². The number of carbonyl (C=O) groups excluding carboxylic acids is 2. The molecule has 4 nitrogen and oxygen atoms in total. The number of hydrogen-bond acceptors (Lipinski definition) is 2. The summed E-state index contributed by atoms with van der Waals surface area (Å²) in [7, 11) is 0. The van der Waals surface area contributed by atoms with E-state index in [-0.39, 0.29) is 11.8 Å². The van der Waals surface area contributed by atoms with Crippen LogP contribution in [0.2, 0.25) is 10.0 Å². The second-order valence-corrected chi connectivity index (χ2v) is 6.60. The van der Waals surface area contributed by atoms with Crippen LogP contribution in [0, 0.1) is 0 Å². The molecule has 132 valence electrons. The molecule has 0 aliphatic heterocycles. The van der Waals surface area contributed by atoms with Gasteiger partial charge in [-0.05, 0) is 36.2 Å². The Kier molecular flexibility index (Phi) is 6.85. The number of nitrogens with one attached hydrogen (secondary N) is 1. The molecule has 0 radical (unpaired) electrons. The van der Waals surface area contributed by atoms with Crippen LogP contribution in [-0.2, 0) is 22.7 Å².